The molecule has 31 heavy (non-hydrogen) atoms. The van der Waals surface area contributed by atoms with E-state index in [0.29, 0.717) is 13.2 Å². The van der Waals surface area contributed by atoms with Gasteiger partial charge in [-0.1, -0.05) is 36.4 Å². The molecule has 3 atom stereocenters. The Morgan fingerprint density at radius 2 is 2.00 bits per heavy atom. The van der Waals surface area contributed by atoms with Crippen LogP contribution in [0.4, 0.5) is 11.4 Å². The van der Waals surface area contributed by atoms with E-state index in [2.05, 4.69) is 5.32 Å². The van der Waals surface area contributed by atoms with Crippen molar-refractivity contribution in [3.05, 3.63) is 69.8 Å². The van der Waals surface area contributed by atoms with Crippen LogP contribution in [0.2, 0.25) is 0 Å². The number of nitro groups is 1. The molecule has 1 unspecified atom stereocenters. The Labute approximate surface area is 181 Å². The number of anilines is 1. The summed E-state index contributed by atoms with van der Waals surface area (Å²) in [5, 5.41) is 14.2. The topological polar surface area (TPSA) is 103 Å². The molecule has 2 N–H and O–H groups in total. The predicted molar refractivity (Wildman–Crippen MR) is 116 cm³/mol. The Bertz CT molecular complexity index is 947. The van der Waals surface area contributed by atoms with E-state index in [1.165, 1.54) is 6.07 Å². The molecule has 1 heterocycles. The van der Waals surface area contributed by atoms with Gasteiger partial charge in [0.15, 0.2) is 6.04 Å². The molecule has 8 nitrogen and oxygen atoms in total. The highest BCUT2D eigenvalue weighted by atomic mass is 16.6. The van der Waals surface area contributed by atoms with Gasteiger partial charge >= 0.3 is 5.97 Å². The third kappa shape index (κ3) is 5.46. The third-order valence-electron chi connectivity index (χ3n) is 5.59. The summed E-state index contributed by atoms with van der Waals surface area (Å²) >= 11 is 0. The number of nitro benzene ring substituents is 1. The molecule has 0 aliphatic carbocycles. The second-order valence-electron chi connectivity index (χ2n) is 7.81. The molecular weight excluding hydrogens is 398 g/mol. The maximum absolute atomic E-state index is 13.4. The number of nitrogens with zero attached hydrogens (tertiary/aromatic N) is 1. The SMILES string of the molecule is CCOC(=O)[C@@H]1CCC[NH+]([C@H](C(=O)Nc2ccc(C)cc2[N+](=O)[O-])c2ccccc2)C1. The predicted octanol–water partition coefficient (Wildman–Crippen LogP) is 2.44. The number of quaternary nitrogens is 1. The summed E-state index contributed by atoms with van der Waals surface area (Å²) in [5.74, 6) is -0.838. The van der Waals surface area contributed by atoms with Crippen LogP contribution in [-0.4, -0.2) is 36.5 Å². The summed E-state index contributed by atoms with van der Waals surface area (Å²) in [6.07, 6.45) is 1.52. The average Bonchev–Trinajstić information content (AvgIpc) is 2.76. The van der Waals surface area contributed by atoms with Crippen molar-refractivity contribution >= 4 is 23.3 Å². The fraction of sp³-hybridized carbons (Fsp3) is 0.391. The minimum atomic E-state index is -0.598. The van der Waals surface area contributed by atoms with Gasteiger partial charge in [0.05, 0.1) is 24.6 Å². The summed E-state index contributed by atoms with van der Waals surface area (Å²) in [6.45, 7) is 5.06. The van der Waals surface area contributed by atoms with Crippen LogP contribution in [0, 0.1) is 23.0 Å². The zero-order valence-electron chi connectivity index (χ0n) is 17.8. The van der Waals surface area contributed by atoms with Crippen molar-refractivity contribution < 1.29 is 24.1 Å². The van der Waals surface area contributed by atoms with E-state index in [-0.39, 0.29) is 29.2 Å². The Kier molecular flexibility index (Phi) is 7.36. The number of piperidine rings is 1. The fourth-order valence-electron chi connectivity index (χ4n) is 4.14. The zero-order chi connectivity index (χ0) is 22.4. The van der Waals surface area contributed by atoms with Crippen molar-refractivity contribution in [3.63, 3.8) is 0 Å². The lowest BCUT2D eigenvalue weighted by molar-refractivity contribution is -0.929. The van der Waals surface area contributed by atoms with Gasteiger partial charge in [-0.15, -0.1) is 0 Å². The summed E-state index contributed by atoms with van der Waals surface area (Å²) in [7, 11) is 0. The van der Waals surface area contributed by atoms with E-state index in [1.807, 2.05) is 30.3 Å². The van der Waals surface area contributed by atoms with Gasteiger partial charge in [0.25, 0.3) is 11.6 Å². The molecule has 2 aromatic carbocycles. The number of aryl methyl sites for hydroxylation is 1. The molecule has 1 amide bonds. The molecular formula is C23H28N3O5+. The quantitative estimate of drug-likeness (QED) is 0.402. The lowest BCUT2D eigenvalue weighted by atomic mass is 9.94. The molecule has 8 heteroatoms. The number of nitrogens with one attached hydrogen (secondary N) is 2. The van der Waals surface area contributed by atoms with Crippen LogP contribution < -0.4 is 10.2 Å². The van der Waals surface area contributed by atoms with E-state index < -0.39 is 11.0 Å². The molecule has 1 aliphatic rings. The van der Waals surface area contributed by atoms with Crippen LogP contribution in [0.25, 0.3) is 0 Å². The van der Waals surface area contributed by atoms with Gasteiger partial charge in [0, 0.05) is 11.6 Å². The summed E-state index contributed by atoms with van der Waals surface area (Å²) < 4.78 is 5.20. The Morgan fingerprint density at radius 1 is 1.26 bits per heavy atom. The first-order valence-corrected chi connectivity index (χ1v) is 10.5. The number of rotatable bonds is 7. The monoisotopic (exact) mass is 426 g/mol. The molecule has 0 saturated carbocycles. The number of carbonyl (C=O) groups excluding carboxylic acids is 2. The first-order chi connectivity index (χ1) is 14.9. The molecule has 0 bridgehead atoms. The van der Waals surface area contributed by atoms with Crippen molar-refractivity contribution in [1.29, 1.82) is 0 Å². The van der Waals surface area contributed by atoms with Gasteiger partial charge in [-0.25, -0.2) is 0 Å². The van der Waals surface area contributed by atoms with Crippen molar-refractivity contribution in [3.8, 4) is 0 Å². The molecule has 1 aliphatic heterocycles. The van der Waals surface area contributed by atoms with Crippen molar-refractivity contribution in [2.45, 2.75) is 32.7 Å². The molecule has 0 aromatic heterocycles. The van der Waals surface area contributed by atoms with Crippen LogP contribution in [0.15, 0.2) is 48.5 Å². The lowest BCUT2D eigenvalue weighted by Crippen LogP contribution is -3.15. The normalized spacial score (nSPS) is 19.3. The minimum absolute atomic E-state index is 0.141. The highest BCUT2D eigenvalue weighted by molar-refractivity contribution is 5.96. The number of amides is 1. The van der Waals surface area contributed by atoms with E-state index in [0.717, 1.165) is 35.4 Å². The van der Waals surface area contributed by atoms with Gasteiger partial charge in [-0.05, 0) is 38.3 Å². The molecule has 1 saturated heterocycles. The number of ether oxygens (including phenoxy) is 1. The number of likely N-dealkylation sites (tertiary alicyclic amines) is 1. The zero-order valence-corrected chi connectivity index (χ0v) is 17.8. The van der Waals surface area contributed by atoms with E-state index in [4.69, 9.17) is 4.74 Å². The number of hydrogen-bond acceptors (Lipinski definition) is 5. The third-order valence-corrected chi connectivity index (χ3v) is 5.59. The van der Waals surface area contributed by atoms with Crippen LogP contribution in [0.3, 0.4) is 0 Å². The number of carbonyl (C=O) groups is 2. The average molecular weight is 426 g/mol. The van der Waals surface area contributed by atoms with Gasteiger partial charge in [-0.2, -0.15) is 0 Å². The largest absolute Gasteiger partial charge is 0.466 e. The van der Waals surface area contributed by atoms with Gasteiger partial charge in [0.1, 0.15) is 11.6 Å². The summed E-state index contributed by atoms with van der Waals surface area (Å²) in [5.41, 5.74) is 1.57. The Hall–Kier alpha value is -3.26. The van der Waals surface area contributed by atoms with Crippen LogP contribution in [-0.2, 0) is 14.3 Å². The number of hydrogen-bond donors (Lipinski definition) is 2. The first-order valence-electron chi connectivity index (χ1n) is 10.5. The Balaban J connectivity index is 1.89. The van der Waals surface area contributed by atoms with Gasteiger partial charge in [-0.3, -0.25) is 19.7 Å². The molecule has 1 fully saturated rings. The first kappa shape index (κ1) is 22.4. The molecule has 0 radical (unpaired) electrons. The highest BCUT2D eigenvalue weighted by Crippen LogP contribution is 2.26. The lowest BCUT2D eigenvalue weighted by Gasteiger charge is -2.34. The van der Waals surface area contributed by atoms with Crippen LogP contribution >= 0.6 is 0 Å². The van der Waals surface area contributed by atoms with Crippen molar-refractivity contribution in [2.75, 3.05) is 25.0 Å². The van der Waals surface area contributed by atoms with Crippen molar-refractivity contribution in [2.24, 2.45) is 5.92 Å². The van der Waals surface area contributed by atoms with Gasteiger partial charge < -0.3 is 15.0 Å². The maximum Gasteiger partial charge on any atom is 0.314 e. The number of esters is 1. The maximum atomic E-state index is 13.4. The second kappa shape index (κ2) is 10.2. The van der Waals surface area contributed by atoms with E-state index in [9.17, 15) is 19.7 Å². The number of benzene rings is 2. The molecule has 164 valence electrons. The highest BCUT2D eigenvalue weighted by Gasteiger charge is 2.38. The molecule has 3 rings (SSSR count). The molecule has 0 spiro atoms. The van der Waals surface area contributed by atoms with E-state index in [1.54, 1.807) is 26.0 Å². The van der Waals surface area contributed by atoms with E-state index >= 15 is 0 Å². The second-order valence-corrected chi connectivity index (χ2v) is 7.81. The summed E-state index contributed by atoms with van der Waals surface area (Å²) in [4.78, 5) is 37.6. The minimum Gasteiger partial charge on any atom is -0.466 e. The van der Waals surface area contributed by atoms with Crippen molar-refractivity contribution in [1.82, 2.24) is 0 Å². The summed E-state index contributed by atoms with van der Waals surface area (Å²) in [6, 6.07) is 13.5. The molecule has 2 aromatic rings. The van der Waals surface area contributed by atoms with Crippen LogP contribution in [0.5, 0.6) is 0 Å². The van der Waals surface area contributed by atoms with Crippen LogP contribution in [0.1, 0.15) is 36.9 Å². The smallest absolute Gasteiger partial charge is 0.314 e. The van der Waals surface area contributed by atoms with Gasteiger partial charge in [0.2, 0.25) is 0 Å². The standard InChI is InChI=1S/C23H27N3O5/c1-3-31-23(28)18-10-7-13-25(15-18)21(17-8-5-4-6-9-17)22(27)24-19-12-11-16(2)14-20(19)26(29)30/h4-6,8-9,11-12,14,18,21H,3,7,10,13,15H2,1-2H3,(H,24,27)/p+1/t18-,21+/m1/s1. The fourth-order valence-corrected chi connectivity index (χ4v) is 4.14. The Morgan fingerprint density at radius 3 is 2.68 bits per heavy atom.